The molecular formula is CH8O17P6. The Bertz CT molecular complexity index is 580. The molecule has 0 aromatic rings. The average molecular weight is 478 g/mol. The van der Waals surface area contributed by atoms with Crippen molar-refractivity contribution in [1.82, 2.24) is 0 Å². The van der Waals surface area contributed by atoms with E-state index in [9.17, 15) is 27.4 Å². The van der Waals surface area contributed by atoms with E-state index in [-0.39, 0.29) is 0 Å². The lowest BCUT2D eigenvalue weighted by Gasteiger charge is -2.23. The minimum absolute atomic E-state index is 2.10. The molecule has 1 fully saturated rings. The van der Waals surface area contributed by atoms with Gasteiger partial charge in [-0.25, -0.2) is 26.9 Å². The highest BCUT2D eigenvalue weighted by atomic mass is 31.3. The van der Waals surface area contributed by atoms with Gasteiger partial charge >= 0.3 is 46.5 Å². The molecule has 0 aromatic carbocycles. The highest BCUT2D eigenvalue weighted by molar-refractivity contribution is 7.79. The maximum Gasteiger partial charge on any atom is 0.490 e. The standard InChI is InChI=1S/CH8O17P6/c2-19(3)1-20(4,5)15-22(8,9)17-24(12,13)18-23(10,11)16-21(6,7)14-19/h1H2,(H,2,3)(H,4,5)(H,6,7)(H,8,9)(H,10,11)(H,12,13). The molecule has 144 valence electrons. The van der Waals surface area contributed by atoms with Crippen LogP contribution in [0.15, 0.2) is 0 Å². The number of hydrogen-bond acceptors (Lipinski definition) is 11. The number of phosphoric acid groups is 4. The fourth-order valence-corrected chi connectivity index (χ4v) is 11.5. The van der Waals surface area contributed by atoms with E-state index >= 15 is 0 Å². The molecule has 0 spiro atoms. The molecule has 1 heterocycles. The first-order valence-electron chi connectivity index (χ1n) is 4.75. The molecule has 0 aromatic heterocycles. The van der Waals surface area contributed by atoms with Crippen molar-refractivity contribution in [2.24, 2.45) is 0 Å². The highest BCUT2D eigenvalue weighted by Crippen LogP contribution is 2.78. The smallest absolute Gasteiger partial charge is 0.324 e. The molecule has 24 heavy (non-hydrogen) atoms. The minimum atomic E-state index is -6.05. The summed E-state index contributed by atoms with van der Waals surface area (Å²) in [6, 6.07) is 0. The lowest BCUT2D eigenvalue weighted by molar-refractivity contribution is 0.192. The first kappa shape index (κ1) is 23.0. The molecule has 0 radical (unpaired) electrons. The van der Waals surface area contributed by atoms with Gasteiger partial charge in [-0.05, 0) is 0 Å². The van der Waals surface area contributed by atoms with Gasteiger partial charge in [-0.1, -0.05) is 0 Å². The van der Waals surface area contributed by atoms with Gasteiger partial charge < -0.3 is 29.4 Å². The Balaban J connectivity index is 3.40. The van der Waals surface area contributed by atoms with Gasteiger partial charge in [0.25, 0.3) is 0 Å². The van der Waals surface area contributed by atoms with E-state index < -0.39 is 52.4 Å². The Morgan fingerprint density at radius 1 is 0.458 bits per heavy atom. The zero-order valence-corrected chi connectivity index (χ0v) is 15.9. The van der Waals surface area contributed by atoms with Crippen molar-refractivity contribution in [1.29, 1.82) is 0 Å². The molecule has 17 nitrogen and oxygen atoms in total. The molecule has 6 N–H and O–H groups in total. The van der Waals surface area contributed by atoms with Crippen LogP contribution in [0, 0.1) is 0 Å². The summed E-state index contributed by atoms with van der Waals surface area (Å²) in [6.07, 6.45) is 0. The number of hydrogen-bond donors (Lipinski definition) is 6. The number of rotatable bonds is 0. The van der Waals surface area contributed by atoms with Crippen LogP contribution >= 0.6 is 46.5 Å². The van der Waals surface area contributed by atoms with E-state index in [0.717, 1.165) is 0 Å². The van der Waals surface area contributed by atoms with Crippen LogP contribution in [0.5, 0.6) is 0 Å². The van der Waals surface area contributed by atoms with Crippen molar-refractivity contribution in [2.45, 2.75) is 0 Å². The van der Waals surface area contributed by atoms with Crippen molar-refractivity contribution in [2.75, 3.05) is 5.90 Å². The normalized spacial score (nSPS) is 55.2. The monoisotopic (exact) mass is 478 g/mol. The van der Waals surface area contributed by atoms with Gasteiger partial charge in [0.1, 0.15) is 0 Å². The highest BCUT2D eigenvalue weighted by Gasteiger charge is 2.52. The second kappa shape index (κ2) is 6.83. The van der Waals surface area contributed by atoms with Crippen LogP contribution in [0.2, 0.25) is 0 Å². The van der Waals surface area contributed by atoms with Crippen molar-refractivity contribution in [3.63, 3.8) is 0 Å². The van der Waals surface area contributed by atoms with Gasteiger partial charge in [-0.15, -0.1) is 0 Å². The zero-order valence-electron chi connectivity index (χ0n) is 10.6. The molecule has 23 heteroatoms. The maximum atomic E-state index is 11.4. The summed E-state index contributed by atoms with van der Waals surface area (Å²) < 4.78 is 85.0. The molecule has 0 aliphatic carbocycles. The summed E-state index contributed by atoms with van der Waals surface area (Å²) in [6.45, 7) is 0. The summed E-state index contributed by atoms with van der Waals surface area (Å²) in [7, 11) is -35.3. The molecule has 1 aliphatic rings. The van der Waals surface area contributed by atoms with Crippen LogP contribution in [0.1, 0.15) is 0 Å². The Morgan fingerprint density at radius 2 is 0.667 bits per heavy atom. The van der Waals surface area contributed by atoms with E-state index in [4.69, 9.17) is 29.4 Å². The second-order valence-electron chi connectivity index (χ2n) is 3.70. The van der Waals surface area contributed by atoms with E-state index in [0.29, 0.717) is 0 Å². The fraction of sp³-hybridized carbons (Fsp3) is 1.00. The largest absolute Gasteiger partial charge is 0.490 e. The molecule has 1 rings (SSSR count). The van der Waals surface area contributed by atoms with Crippen LogP contribution in [-0.2, 0) is 48.9 Å². The summed E-state index contributed by atoms with van der Waals surface area (Å²) in [4.78, 5) is 54.3. The van der Waals surface area contributed by atoms with Crippen LogP contribution in [0.3, 0.4) is 0 Å². The molecule has 6 unspecified atom stereocenters. The predicted molar refractivity (Wildman–Crippen MR) is 69.2 cm³/mol. The van der Waals surface area contributed by atoms with E-state index in [2.05, 4.69) is 21.6 Å². The third-order valence-corrected chi connectivity index (χ3v) is 12.9. The molecule has 0 saturated carbocycles. The SMILES string of the molecule is O=P1(O)CP(=O)(O)OP(=O)(O)OP(=O)(O)OP(=O)(O)OP(=O)(O)O1. The molecule has 1 aliphatic heterocycles. The first-order chi connectivity index (χ1) is 10.2. The van der Waals surface area contributed by atoms with Gasteiger partial charge in [0.05, 0.1) is 0 Å². The Labute approximate surface area is 131 Å². The van der Waals surface area contributed by atoms with E-state index in [1.165, 1.54) is 0 Å². The summed E-state index contributed by atoms with van der Waals surface area (Å²) in [5.74, 6) is -2.10. The Hall–Kier alpha value is 0.940. The van der Waals surface area contributed by atoms with Gasteiger partial charge in [0, 0.05) is 0 Å². The minimum Gasteiger partial charge on any atom is -0.324 e. The van der Waals surface area contributed by atoms with Crippen LogP contribution in [0.4, 0.5) is 0 Å². The average Bonchev–Trinajstić information content (AvgIpc) is 1.98. The van der Waals surface area contributed by atoms with Gasteiger partial charge in [-0.3, -0.25) is 9.13 Å². The van der Waals surface area contributed by atoms with Crippen LogP contribution in [-0.4, -0.2) is 35.3 Å². The molecule has 0 bridgehead atoms. The third kappa shape index (κ3) is 8.09. The topological polar surface area (TPSA) is 270 Å². The lowest BCUT2D eigenvalue weighted by atomic mass is 11.9. The quantitative estimate of drug-likeness (QED) is 0.263. The zero-order chi connectivity index (χ0) is 19.2. The first-order valence-corrected chi connectivity index (χ1v) is 14.3. The van der Waals surface area contributed by atoms with Crippen LogP contribution < -0.4 is 0 Å². The Kier molecular flexibility index (Phi) is 6.54. The van der Waals surface area contributed by atoms with Gasteiger partial charge in [-0.2, -0.15) is 12.9 Å². The summed E-state index contributed by atoms with van der Waals surface area (Å²) in [5, 5.41) is 0. The third-order valence-electron chi connectivity index (χ3n) is 1.44. The maximum absolute atomic E-state index is 11.4. The van der Waals surface area contributed by atoms with Crippen molar-refractivity contribution < 1.29 is 78.3 Å². The predicted octanol–water partition coefficient (Wildman–Crippen LogP) is 0.813. The lowest BCUT2D eigenvalue weighted by Crippen LogP contribution is -2.03. The molecular weight excluding hydrogens is 470 g/mol. The fourth-order valence-electron chi connectivity index (χ4n) is 1.05. The van der Waals surface area contributed by atoms with Crippen molar-refractivity contribution in [3.05, 3.63) is 0 Å². The Morgan fingerprint density at radius 3 is 0.917 bits per heavy atom. The molecule has 1 saturated heterocycles. The van der Waals surface area contributed by atoms with E-state index in [1.54, 1.807) is 0 Å². The van der Waals surface area contributed by atoms with Gasteiger partial charge in [0.15, 0.2) is 5.90 Å². The van der Waals surface area contributed by atoms with Gasteiger partial charge in [0.2, 0.25) is 0 Å². The summed E-state index contributed by atoms with van der Waals surface area (Å²) in [5.41, 5.74) is 0. The second-order valence-corrected chi connectivity index (χ2v) is 14.4. The molecule has 0 amide bonds. The van der Waals surface area contributed by atoms with Crippen LogP contribution in [0.25, 0.3) is 0 Å². The van der Waals surface area contributed by atoms with Crippen molar-refractivity contribution >= 4 is 46.5 Å². The van der Waals surface area contributed by atoms with E-state index in [1.807, 2.05) is 0 Å². The molecule has 6 atom stereocenters. The van der Waals surface area contributed by atoms with Crippen molar-refractivity contribution in [3.8, 4) is 0 Å². The summed E-state index contributed by atoms with van der Waals surface area (Å²) >= 11 is 0.